The van der Waals surface area contributed by atoms with Crippen LogP contribution in [0.1, 0.15) is 55.8 Å². The normalized spacial score (nSPS) is 24.4. The molecule has 2 aliphatic rings. The number of hydrogen-bond acceptors (Lipinski definition) is 3. The monoisotopic (exact) mass is 284 g/mol. The molecule has 3 rings (SSSR count). The van der Waals surface area contributed by atoms with E-state index in [0.717, 1.165) is 50.6 Å². The van der Waals surface area contributed by atoms with E-state index in [1.807, 2.05) is 6.20 Å². The predicted octanol–water partition coefficient (Wildman–Crippen LogP) is 1.60. The summed E-state index contributed by atoms with van der Waals surface area (Å²) in [7, 11) is 0. The van der Waals surface area contributed by atoms with Gasteiger partial charge in [-0.2, -0.15) is 5.10 Å². The highest BCUT2D eigenvalue weighted by atomic mass is 35.5. The molecule has 5 nitrogen and oxygen atoms in total. The molecule has 4 N–H and O–H groups in total. The van der Waals surface area contributed by atoms with Gasteiger partial charge < -0.3 is 11.1 Å². The van der Waals surface area contributed by atoms with Crippen molar-refractivity contribution in [3.05, 3.63) is 17.5 Å². The van der Waals surface area contributed by atoms with Crippen molar-refractivity contribution >= 4 is 18.3 Å². The number of rotatable bonds is 2. The number of nitrogens with two attached hydrogens (primary N) is 1. The van der Waals surface area contributed by atoms with Gasteiger partial charge >= 0.3 is 0 Å². The van der Waals surface area contributed by atoms with Gasteiger partial charge in [-0.3, -0.25) is 9.89 Å². The number of carbonyl (C=O) groups excluding carboxylic acids is 1. The minimum atomic E-state index is -0.641. The van der Waals surface area contributed by atoms with Crippen molar-refractivity contribution in [3.8, 4) is 0 Å². The van der Waals surface area contributed by atoms with E-state index in [9.17, 15) is 4.79 Å². The SMILES string of the molecule is Cl.NC1(C(=O)NC2CCCc3cn[nH]c32)CCCC1. The number of amides is 1. The highest BCUT2D eigenvalue weighted by Gasteiger charge is 2.38. The van der Waals surface area contributed by atoms with Gasteiger partial charge in [0.1, 0.15) is 0 Å². The molecular weight excluding hydrogens is 264 g/mol. The maximum absolute atomic E-state index is 12.3. The minimum Gasteiger partial charge on any atom is -0.346 e. The molecule has 0 saturated heterocycles. The van der Waals surface area contributed by atoms with Gasteiger partial charge in [0.2, 0.25) is 5.91 Å². The van der Waals surface area contributed by atoms with Gasteiger partial charge in [0, 0.05) is 0 Å². The van der Waals surface area contributed by atoms with Gasteiger partial charge in [0.25, 0.3) is 0 Å². The van der Waals surface area contributed by atoms with Crippen LogP contribution in [-0.4, -0.2) is 21.6 Å². The van der Waals surface area contributed by atoms with Crippen LogP contribution in [-0.2, 0) is 11.2 Å². The Morgan fingerprint density at radius 2 is 2.16 bits per heavy atom. The first-order valence-corrected chi connectivity index (χ1v) is 6.81. The van der Waals surface area contributed by atoms with Crippen molar-refractivity contribution in [1.82, 2.24) is 15.5 Å². The summed E-state index contributed by atoms with van der Waals surface area (Å²) in [5, 5.41) is 10.2. The third kappa shape index (κ3) is 2.62. The number of halogens is 1. The molecule has 1 saturated carbocycles. The van der Waals surface area contributed by atoms with Crippen molar-refractivity contribution in [1.29, 1.82) is 0 Å². The van der Waals surface area contributed by atoms with Crippen molar-refractivity contribution in [2.24, 2.45) is 5.73 Å². The average Bonchev–Trinajstić information content (AvgIpc) is 2.98. The largest absolute Gasteiger partial charge is 0.346 e. The molecule has 1 fully saturated rings. The fraction of sp³-hybridized carbons (Fsp3) is 0.692. The smallest absolute Gasteiger partial charge is 0.240 e. The maximum Gasteiger partial charge on any atom is 0.240 e. The first-order chi connectivity index (χ1) is 8.69. The number of nitrogens with zero attached hydrogens (tertiary/aromatic N) is 1. The van der Waals surface area contributed by atoms with E-state index >= 15 is 0 Å². The molecule has 6 heteroatoms. The van der Waals surface area contributed by atoms with E-state index in [4.69, 9.17) is 5.73 Å². The molecule has 1 amide bonds. The second-order valence-corrected chi connectivity index (χ2v) is 5.59. The Hall–Kier alpha value is -1.07. The van der Waals surface area contributed by atoms with E-state index in [1.54, 1.807) is 0 Å². The van der Waals surface area contributed by atoms with Gasteiger partial charge in [-0.1, -0.05) is 12.8 Å². The van der Waals surface area contributed by atoms with Crippen LogP contribution in [0.4, 0.5) is 0 Å². The molecule has 0 bridgehead atoms. The van der Waals surface area contributed by atoms with Crippen LogP contribution >= 0.6 is 12.4 Å². The lowest BCUT2D eigenvalue weighted by atomic mass is 9.91. The van der Waals surface area contributed by atoms with Crippen molar-refractivity contribution < 1.29 is 4.79 Å². The summed E-state index contributed by atoms with van der Waals surface area (Å²) in [4.78, 5) is 12.3. The van der Waals surface area contributed by atoms with Gasteiger partial charge in [0.15, 0.2) is 0 Å². The molecular formula is C13H21ClN4O. The average molecular weight is 285 g/mol. The fourth-order valence-corrected chi connectivity index (χ4v) is 3.14. The Bertz CT molecular complexity index is 453. The lowest BCUT2D eigenvalue weighted by Gasteiger charge is -2.28. The molecule has 1 aromatic heterocycles. The Kier molecular flexibility index (Phi) is 4.16. The number of aryl methyl sites for hydroxylation is 1. The van der Waals surface area contributed by atoms with Crippen LogP contribution in [0, 0.1) is 0 Å². The summed E-state index contributed by atoms with van der Waals surface area (Å²) in [6, 6.07) is 0.0600. The molecule has 0 spiro atoms. The van der Waals surface area contributed by atoms with Crippen molar-refractivity contribution in [2.75, 3.05) is 0 Å². The number of fused-ring (bicyclic) bond motifs is 1. The summed E-state index contributed by atoms with van der Waals surface area (Å²) in [6.45, 7) is 0. The van der Waals surface area contributed by atoms with Gasteiger partial charge in [-0.25, -0.2) is 0 Å². The predicted molar refractivity (Wildman–Crippen MR) is 75.0 cm³/mol. The summed E-state index contributed by atoms with van der Waals surface area (Å²) >= 11 is 0. The Labute approximate surface area is 119 Å². The molecule has 1 heterocycles. The third-order valence-corrected chi connectivity index (χ3v) is 4.29. The zero-order valence-corrected chi connectivity index (χ0v) is 11.8. The molecule has 0 radical (unpaired) electrons. The van der Waals surface area contributed by atoms with Gasteiger partial charge in [0.05, 0.1) is 23.5 Å². The summed E-state index contributed by atoms with van der Waals surface area (Å²) in [5.41, 5.74) is 7.83. The molecule has 0 aliphatic heterocycles. The standard InChI is InChI=1S/C13H20N4O.ClH/c14-13(6-1-2-7-13)12(18)16-10-5-3-4-9-8-15-17-11(9)10;/h8,10H,1-7,14H2,(H,15,17)(H,16,18);1H. The zero-order valence-electron chi connectivity index (χ0n) is 10.9. The number of aromatic nitrogens is 2. The number of carbonyl (C=O) groups is 1. The Morgan fingerprint density at radius 3 is 2.89 bits per heavy atom. The lowest BCUT2D eigenvalue weighted by Crippen LogP contribution is -2.53. The second kappa shape index (κ2) is 5.51. The van der Waals surface area contributed by atoms with E-state index in [1.165, 1.54) is 5.56 Å². The molecule has 106 valence electrons. The van der Waals surface area contributed by atoms with Crippen molar-refractivity contribution in [3.63, 3.8) is 0 Å². The lowest BCUT2D eigenvalue weighted by molar-refractivity contribution is -0.127. The fourth-order valence-electron chi connectivity index (χ4n) is 3.14. The van der Waals surface area contributed by atoms with Crippen LogP contribution in [0.25, 0.3) is 0 Å². The molecule has 1 aromatic rings. The molecule has 19 heavy (non-hydrogen) atoms. The first kappa shape index (κ1) is 14.3. The highest BCUT2D eigenvalue weighted by molar-refractivity contribution is 5.86. The highest BCUT2D eigenvalue weighted by Crippen LogP contribution is 2.31. The number of nitrogens with one attached hydrogen (secondary N) is 2. The topological polar surface area (TPSA) is 83.8 Å². The summed E-state index contributed by atoms with van der Waals surface area (Å²) in [5.74, 6) is 0.00690. The molecule has 1 unspecified atom stereocenters. The second-order valence-electron chi connectivity index (χ2n) is 5.59. The quantitative estimate of drug-likeness (QED) is 0.771. The first-order valence-electron chi connectivity index (χ1n) is 6.81. The Morgan fingerprint density at radius 1 is 1.42 bits per heavy atom. The van der Waals surface area contributed by atoms with E-state index in [2.05, 4.69) is 15.5 Å². The third-order valence-electron chi connectivity index (χ3n) is 4.29. The van der Waals surface area contributed by atoms with Crippen LogP contribution in [0.15, 0.2) is 6.20 Å². The number of H-pyrrole nitrogens is 1. The molecule has 0 aromatic carbocycles. The van der Waals surface area contributed by atoms with E-state index < -0.39 is 5.54 Å². The summed E-state index contributed by atoms with van der Waals surface area (Å²) in [6.07, 6.45) is 8.70. The zero-order chi connectivity index (χ0) is 12.6. The van der Waals surface area contributed by atoms with Crippen LogP contribution in [0.5, 0.6) is 0 Å². The molecule has 2 aliphatic carbocycles. The summed E-state index contributed by atoms with van der Waals surface area (Å²) < 4.78 is 0. The van der Waals surface area contributed by atoms with Gasteiger partial charge in [-0.05, 0) is 37.7 Å². The molecule has 1 atom stereocenters. The number of hydrogen-bond donors (Lipinski definition) is 3. The van der Waals surface area contributed by atoms with Crippen molar-refractivity contribution in [2.45, 2.75) is 56.5 Å². The number of aromatic amines is 1. The van der Waals surface area contributed by atoms with E-state index in [0.29, 0.717) is 0 Å². The van der Waals surface area contributed by atoms with Crippen LogP contribution in [0.2, 0.25) is 0 Å². The Balaban J connectivity index is 0.00000133. The maximum atomic E-state index is 12.3. The van der Waals surface area contributed by atoms with Crippen LogP contribution < -0.4 is 11.1 Å². The minimum absolute atomic E-state index is 0. The van der Waals surface area contributed by atoms with Crippen LogP contribution in [0.3, 0.4) is 0 Å². The van der Waals surface area contributed by atoms with E-state index in [-0.39, 0.29) is 24.4 Å². The van der Waals surface area contributed by atoms with Gasteiger partial charge in [-0.15, -0.1) is 12.4 Å².